The molecule has 0 bridgehead atoms. The van der Waals surface area contributed by atoms with Gasteiger partial charge in [0.05, 0.1) is 13.2 Å². The molecule has 1 aromatic carbocycles. The van der Waals surface area contributed by atoms with E-state index in [-0.39, 0.29) is 24.5 Å². The lowest BCUT2D eigenvalue weighted by molar-refractivity contribution is -0.143. The Bertz CT molecular complexity index is 814. The number of carbonyl (C=O) groups is 1. The van der Waals surface area contributed by atoms with Crippen molar-refractivity contribution in [2.24, 2.45) is 0 Å². The van der Waals surface area contributed by atoms with Crippen LogP contribution in [0.3, 0.4) is 0 Å². The van der Waals surface area contributed by atoms with Gasteiger partial charge in [-0.05, 0) is 45.0 Å². The standard InChI is InChI=1S/C19H23FN2O5/c1-4-25-16(26-5-2)12-22-17(13-7-9-14(20)10-8-13)21-11-15(18(22)23)19(24)27-6-3/h7-11,16H,4-6,12H2,1-3H3. The average Bonchev–Trinajstić information content (AvgIpc) is 2.64. The van der Waals surface area contributed by atoms with Crippen molar-refractivity contribution in [3.63, 3.8) is 0 Å². The normalized spacial score (nSPS) is 11.0. The Morgan fingerprint density at radius 2 is 1.74 bits per heavy atom. The van der Waals surface area contributed by atoms with E-state index in [2.05, 4.69) is 4.98 Å². The van der Waals surface area contributed by atoms with Gasteiger partial charge in [-0.2, -0.15) is 0 Å². The Morgan fingerprint density at radius 1 is 1.11 bits per heavy atom. The number of aromatic nitrogens is 2. The summed E-state index contributed by atoms with van der Waals surface area (Å²) in [5.74, 6) is -0.881. The van der Waals surface area contributed by atoms with Crippen molar-refractivity contribution in [2.45, 2.75) is 33.6 Å². The average molecular weight is 378 g/mol. The van der Waals surface area contributed by atoms with E-state index in [0.29, 0.717) is 18.8 Å². The molecule has 0 saturated heterocycles. The van der Waals surface area contributed by atoms with Crippen LogP contribution in [0, 0.1) is 5.82 Å². The van der Waals surface area contributed by atoms with Crippen molar-refractivity contribution in [1.29, 1.82) is 0 Å². The van der Waals surface area contributed by atoms with Gasteiger partial charge >= 0.3 is 5.97 Å². The summed E-state index contributed by atoms with van der Waals surface area (Å²) in [6.45, 7) is 6.20. The Balaban J connectivity index is 2.55. The van der Waals surface area contributed by atoms with Gasteiger partial charge in [-0.15, -0.1) is 0 Å². The number of hydrogen-bond donors (Lipinski definition) is 0. The minimum Gasteiger partial charge on any atom is -0.462 e. The van der Waals surface area contributed by atoms with Crippen LogP contribution in [-0.4, -0.2) is 41.6 Å². The van der Waals surface area contributed by atoms with Gasteiger partial charge in [0.25, 0.3) is 5.56 Å². The molecule has 0 aliphatic rings. The summed E-state index contributed by atoms with van der Waals surface area (Å²) >= 11 is 0. The summed E-state index contributed by atoms with van der Waals surface area (Å²) in [6.07, 6.45) is 0.474. The molecule has 0 amide bonds. The van der Waals surface area contributed by atoms with Crippen molar-refractivity contribution in [3.8, 4) is 11.4 Å². The second kappa shape index (κ2) is 9.94. The van der Waals surface area contributed by atoms with Gasteiger partial charge in [0, 0.05) is 25.0 Å². The summed E-state index contributed by atoms with van der Waals surface area (Å²) in [6, 6.07) is 5.56. The second-order valence-electron chi connectivity index (χ2n) is 5.48. The van der Waals surface area contributed by atoms with Gasteiger partial charge in [-0.3, -0.25) is 9.36 Å². The van der Waals surface area contributed by atoms with Gasteiger partial charge in [-0.1, -0.05) is 0 Å². The van der Waals surface area contributed by atoms with Gasteiger partial charge in [0.15, 0.2) is 6.29 Å². The summed E-state index contributed by atoms with van der Waals surface area (Å²) < 4.78 is 30.5. The Kier molecular flexibility index (Phi) is 7.63. The van der Waals surface area contributed by atoms with Crippen LogP contribution in [0.4, 0.5) is 4.39 Å². The molecule has 0 spiro atoms. The molecule has 1 aromatic heterocycles. The van der Waals surface area contributed by atoms with Crippen molar-refractivity contribution in [2.75, 3.05) is 19.8 Å². The number of ether oxygens (including phenoxy) is 3. The molecular formula is C19H23FN2O5. The van der Waals surface area contributed by atoms with Crippen molar-refractivity contribution in [1.82, 2.24) is 9.55 Å². The van der Waals surface area contributed by atoms with E-state index in [1.165, 1.54) is 35.0 Å². The molecule has 7 nitrogen and oxygen atoms in total. The number of hydrogen-bond acceptors (Lipinski definition) is 6. The number of rotatable bonds is 9. The fraction of sp³-hybridized carbons (Fsp3) is 0.421. The van der Waals surface area contributed by atoms with Crippen LogP contribution in [0.5, 0.6) is 0 Å². The van der Waals surface area contributed by atoms with E-state index in [1.807, 2.05) is 13.8 Å². The third-order valence-corrected chi connectivity index (χ3v) is 3.68. The molecule has 146 valence electrons. The SMILES string of the molecule is CCOC(=O)c1cnc(-c2ccc(F)cc2)n(CC(OCC)OCC)c1=O. The van der Waals surface area contributed by atoms with Crippen LogP contribution < -0.4 is 5.56 Å². The van der Waals surface area contributed by atoms with Crippen LogP contribution in [0.15, 0.2) is 35.3 Å². The van der Waals surface area contributed by atoms with E-state index >= 15 is 0 Å². The number of carbonyl (C=O) groups excluding carboxylic acids is 1. The Hall–Kier alpha value is -2.58. The van der Waals surface area contributed by atoms with E-state index in [9.17, 15) is 14.0 Å². The third kappa shape index (κ3) is 5.21. The van der Waals surface area contributed by atoms with Crippen molar-refractivity contribution in [3.05, 3.63) is 52.2 Å². The fourth-order valence-electron chi connectivity index (χ4n) is 2.51. The zero-order valence-corrected chi connectivity index (χ0v) is 15.6. The Labute approximate surface area is 156 Å². The lowest BCUT2D eigenvalue weighted by atomic mass is 10.2. The van der Waals surface area contributed by atoms with Crippen LogP contribution in [0.1, 0.15) is 31.1 Å². The second-order valence-corrected chi connectivity index (χ2v) is 5.48. The van der Waals surface area contributed by atoms with Crippen LogP contribution in [0.2, 0.25) is 0 Å². The molecule has 2 rings (SSSR count). The first-order valence-electron chi connectivity index (χ1n) is 8.77. The number of halogens is 1. The predicted molar refractivity (Wildman–Crippen MR) is 96.9 cm³/mol. The molecule has 0 aliphatic heterocycles. The highest BCUT2D eigenvalue weighted by Crippen LogP contribution is 2.17. The van der Waals surface area contributed by atoms with Crippen LogP contribution in [-0.2, 0) is 20.8 Å². The molecule has 0 saturated carbocycles. The largest absolute Gasteiger partial charge is 0.462 e. The van der Waals surface area contributed by atoms with Gasteiger partial charge < -0.3 is 14.2 Å². The first kappa shape index (κ1) is 20.7. The topological polar surface area (TPSA) is 79.7 Å². The maximum Gasteiger partial charge on any atom is 0.345 e. The highest BCUT2D eigenvalue weighted by atomic mass is 19.1. The molecule has 8 heteroatoms. The third-order valence-electron chi connectivity index (χ3n) is 3.68. The molecule has 0 N–H and O–H groups in total. The molecule has 2 aromatic rings. The monoisotopic (exact) mass is 378 g/mol. The maximum absolute atomic E-state index is 13.3. The quantitative estimate of drug-likeness (QED) is 0.493. The minimum atomic E-state index is -0.751. The fourth-order valence-corrected chi connectivity index (χ4v) is 2.51. The van der Waals surface area contributed by atoms with E-state index in [4.69, 9.17) is 14.2 Å². The van der Waals surface area contributed by atoms with Crippen molar-refractivity contribution >= 4 is 5.97 Å². The lowest BCUT2D eigenvalue weighted by Crippen LogP contribution is -2.35. The summed E-state index contributed by atoms with van der Waals surface area (Å²) in [4.78, 5) is 29.2. The summed E-state index contributed by atoms with van der Waals surface area (Å²) in [5.41, 5.74) is -0.239. The maximum atomic E-state index is 13.3. The Morgan fingerprint density at radius 3 is 2.30 bits per heavy atom. The molecule has 0 radical (unpaired) electrons. The van der Waals surface area contributed by atoms with Crippen LogP contribution in [0.25, 0.3) is 11.4 Å². The summed E-state index contributed by atoms with van der Waals surface area (Å²) in [5, 5.41) is 0. The zero-order valence-electron chi connectivity index (χ0n) is 15.6. The molecule has 0 atom stereocenters. The first-order valence-corrected chi connectivity index (χ1v) is 8.77. The van der Waals surface area contributed by atoms with Gasteiger partial charge in [-0.25, -0.2) is 14.2 Å². The molecule has 0 aliphatic carbocycles. The molecule has 0 fully saturated rings. The van der Waals surface area contributed by atoms with E-state index in [0.717, 1.165) is 0 Å². The van der Waals surface area contributed by atoms with Gasteiger partial charge in [0.2, 0.25) is 0 Å². The zero-order chi connectivity index (χ0) is 19.8. The minimum absolute atomic E-state index is 0.0213. The number of benzene rings is 1. The highest BCUT2D eigenvalue weighted by Gasteiger charge is 2.21. The van der Waals surface area contributed by atoms with E-state index < -0.39 is 23.6 Å². The smallest absolute Gasteiger partial charge is 0.345 e. The molecular weight excluding hydrogens is 355 g/mol. The predicted octanol–water partition coefficient (Wildman–Crippen LogP) is 2.63. The van der Waals surface area contributed by atoms with Crippen molar-refractivity contribution < 1.29 is 23.4 Å². The molecule has 1 heterocycles. The first-order chi connectivity index (χ1) is 13.0. The van der Waals surface area contributed by atoms with E-state index in [1.54, 1.807) is 6.92 Å². The van der Waals surface area contributed by atoms with Crippen LogP contribution >= 0.6 is 0 Å². The number of esters is 1. The number of nitrogens with zero attached hydrogens (tertiary/aromatic N) is 2. The summed E-state index contributed by atoms with van der Waals surface area (Å²) in [7, 11) is 0. The molecule has 27 heavy (non-hydrogen) atoms. The lowest BCUT2D eigenvalue weighted by Gasteiger charge is -2.20. The highest BCUT2D eigenvalue weighted by molar-refractivity contribution is 5.88. The van der Waals surface area contributed by atoms with Gasteiger partial charge in [0.1, 0.15) is 17.2 Å². The molecule has 0 unspecified atom stereocenters.